The number of halogens is 2. The third-order valence-corrected chi connectivity index (χ3v) is 2.84. The highest BCUT2D eigenvalue weighted by molar-refractivity contribution is 5.44. The van der Waals surface area contributed by atoms with Gasteiger partial charge in [-0.25, -0.2) is 4.39 Å². The molecule has 2 aromatic carbocycles. The predicted molar refractivity (Wildman–Crippen MR) is 70.2 cm³/mol. The summed E-state index contributed by atoms with van der Waals surface area (Å²) in [4.78, 5) is 9.49. The summed E-state index contributed by atoms with van der Waals surface area (Å²) in [5.41, 5.74) is 0.308. The molecule has 0 unspecified atom stereocenters. The predicted octanol–water partition coefficient (Wildman–Crippen LogP) is 3.47. The summed E-state index contributed by atoms with van der Waals surface area (Å²) in [5, 5.41) is 19.5. The van der Waals surface area contributed by atoms with Crippen LogP contribution in [0.15, 0.2) is 30.3 Å². The van der Waals surface area contributed by atoms with Gasteiger partial charge in [0.1, 0.15) is 5.75 Å². The second-order valence-corrected chi connectivity index (χ2v) is 4.35. The van der Waals surface area contributed by atoms with Crippen molar-refractivity contribution in [3.05, 3.63) is 63.2 Å². The van der Waals surface area contributed by atoms with Gasteiger partial charge in [-0.15, -0.1) is 0 Å². The summed E-state index contributed by atoms with van der Waals surface area (Å²) in [7, 11) is 0. The zero-order valence-corrected chi connectivity index (χ0v) is 11.0. The normalized spacial score (nSPS) is 10.5. The van der Waals surface area contributed by atoms with Gasteiger partial charge in [0.2, 0.25) is 5.82 Å². The number of hydrogen-bond acceptors (Lipinski definition) is 4. The summed E-state index contributed by atoms with van der Waals surface area (Å²) < 4.78 is 32.4. The first-order valence-electron chi connectivity index (χ1n) is 5.94. The largest absolute Gasteiger partial charge is 0.454 e. The van der Waals surface area contributed by atoms with E-state index in [1.807, 2.05) is 0 Å². The van der Waals surface area contributed by atoms with Crippen molar-refractivity contribution in [2.75, 3.05) is 0 Å². The monoisotopic (exact) mass is 295 g/mol. The number of benzene rings is 2. The van der Waals surface area contributed by atoms with Crippen molar-refractivity contribution in [1.29, 1.82) is 0 Å². The van der Waals surface area contributed by atoms with Gasteiger partial charge in [-0.3, -0.25) is 10.1 Å². The van der Waals surface area contributed by atoms with Crippen molar-refractivity contribution in [2.45, 2.75) is 13.5 Å². The van der Waals surface area contributed by atoms with Crippen molar-refractivity contribution in [1.82, 2.24) is 0 Å². The minimum atomic E-state index is -1.18. The Morgan fingerprint density at radius 1 is 1.19 bits per heavy atom. The van der Waals surface area contributed by atoms with Gasteiger partial charge in [-0.05, 0) is 24.1 Å². The second kappa shape index (κ2) is 5.84. The van der Waals surface area contributed by atoms with Gasteiger partial charge in [0.05, 0.1) is 17.6 Å². The molecule has 0 heterocycles. The average molecular weight is 295 g/mol. The molecule has 0 amide bonds. The first kappa shape index (κ1) is 14.9. The first-order chi connectivity index (χ1) is 9.92. The molecule has 21 heavy (non-hydrogen) atoms. The molecule has 2 aromatic rings. The maximum atomic E-state index is 13.7. The number of aliphatic hydroxyl groups excluding tert-OH is 1. The van der Waals surface area contributed by atoms with Crippen LogP contribution < -0.4 is 4.74 Å². The lowest BCUT2D eigenvalue weighted by molar-refractivity contribution is -0.387. The summed E-state index contributed by atoms with van der Waals surface area (Å²) in [6.07, 6.45) is 0. The fourth-order valence-electron chi connectivity index (χ4n) is 1.78. The van der Waals surface area contributed by atoms with E-state index < -0.39 is 28.0 Å². The number of aryl methyl sites for hydroxylation is 1. The first-order valence-corrected chi connectivity index (χ1v) is 5.94. The Bertz CT molecular complexity index is 704. The van der Waals surface area contributed by atoms with Crippen LogP contribution in [0.1, 0.15) is 11.1 Å². The standard InChI is InChI=1S/C14H11F2NO4/c1-8-4-9(7-18)2-3-13(8)21-14-6-10(15)12(17(19)20)5-11(14)16/h2-6,18H,7H2,1H3. The summed E-state index contributed by atoms with van der Waals surface area (Å²) in [5.74, 6) is -2.40. The Morgan fingerprint density at radius 2 is 1.90 bits per heavy atom. The molecule has 0 radical (unpaired) electrons. The molecule has 0 spiro atoms. The van der Waals surface area contributed by atoms with Gasteiger partial charge < -0.3 is 9.84 Å². The van der Waals surface area contributed by atoms with Crippen LogP contribution in [0.5, 0.6) is 11.5 Å². The zero-order valence-electron chi connectivity index (χ0n) is 11.0. The van der Waals surface area contributed by atoms with Crippen LogP contribution in [0.2, 0.25) is 0 Å². The lowest BCUT2D eigenvalue weighted by Gasteiger charge is -2.10. The lowest BCUT2D eigenvalue weighted by atomic mass is 10.1. The van der Waals surface area contributed by atoms with Crippen molar-refractivity contribution in [2.24, 2.45) is 0 Å². The Morgan fingerprint density at radius 3 is 2.48 bits per heavy atom. The Kier molecular flexibility index (Phi) is 4.13. The van der Waals surface area contributed by atoms with Gasteiger partial charge in [-0.2, -0.15) is 4.39 Å². The summed E-state index contributed by atoms with van der Waals surface area (Å²) in [6.45, 7) is 1.52. The number of nitrogens with zero attached hydrogens (tertiary/aromatic N) is 1. The van der Waals surface area contributed by atoms with E-state index in [2.05, 4.69) is 0 Å². The zero-order chi connectivity index (χ0) is 15.6. The van der Waals surface area contributed by atoms with E-state index in [-0.39, 0.29) is 12.4 Å². The molecule has 5 nitrogen and oxygen atoms in total. The van der Waals surface area contributed by atoms with Gasteiger partial charge in [0.15, 0.2) is 11.6 Å². The smallest absolute Gasteiger partial charge is 0.307 e. The highest BCUT2D eigenvalue weighted by Crippen LogP contribution is 2.31. The third kappa shape index (κ3) is 3.14. The Balaban J connectivity index is 2.36. The van der Waals surface area contributed by atoms with E-state index in [4.69, 9.17) is 9.84 Å². The molecule has 7 heteroatoms. The van der Waals surface area contributed by atoms with E-state index in [9.17, 15) is 18.9 Å². The highest BCUT2D eigenvalue weighted by atomic mass is 19.1. The second-order valence-electron chi connectivity index (χ2n) is 4.35. The number of nitro groups is 1. The fraction of sp³-hybridized carbons (Fsp3) is 0.143. The summed E-state index contributed by atoms with van der Waals surface area (Å²) in [6, 6.07) is 5.81. The minimum absolute atomic E-state index is 0.151. The quantitative estimate of drug-likeness (QED) is 0.692. The number of nitro benzene ring substituents is 1. The molecule has 0 aliphatic heterocycles. The molecular formula is C14H11F2NO4. The number of rotatable bonds is 4. The third-order valence-electron chi connectivity index (χ3n) is 2.84. The van der Waals surface area contributed by atoms with Gasteiger partial charge in [0, 0.05) is 6.07 Å². The number of aliphatic hydroxyl groups is 1. The average Bonchev–Trinajstić information content (AvgIpc) is 2.44. The molecule has 0 aliphatic rings. The Labute approximate surface area is 118 Å². The topological polar surface area (TPSA) is 72.6 Å². The van der Waals surface area contributed by atoms with E-state index in [1.54, 1.807) is 19.1 Å². The van der Waals surface area contributed by atoms with Crippen molar-refractivity contribution < 1.29 is 23.5 Å². The van der Waals surface area contributed by atoms with Crippen molar-refractivity contribution in [3.63, 3.8) is 0 Å². The van der Waals surface area contributed by atoms with Gasteiger partial charge in [-0.1, -0.05) is 12.1 Å². The van der Waals surface area contributed by atoms with Crippen molar-refractivity contribution in [3.8, 4) is 11.5 Å². The summed E-state index contributed by atoms with van der Waals surface area (Å²) >= 11 is 0. The van der Waals surface area contributed by atoms with E-state index in [1.165, 1.54) is 6.07 Å². The van der Waals surface area contributed by atoms with Crippen LogP contribution in [-0.4, -0.2) is 10.0 Å². The molecule has 0 saturated heterocycles. The molecule has 0 atom stereocenters. The number of hydrogen-bond donors (Lipinski definition) is 1. The fourth-order valence-corrected chi connectivity index (χ4v) is 1.78. The van der Waals surface area contributed by atoms with Gasteiger partial charge in [0.25, 0.3) is 0 Å². The molecular weight excluding hydrogens is 284 g/mol. The SMILES string of the molecule is Cc1cc(CO)ccc1Oc1cc(F)c([N+](=O)[O-])cc1F. The molecule has 0 bridgehead atoms. The molecule has 110 valence electrons. The maximum Gasteiger partial charge on any atom is 0.307 e. The minimum Gasteiger partial charge on any atom is -0.454 e. The highest BCUT2D eigenvalue weighted by Gasteiger charge is 2.20. The van der Waals surface area contributed by atoms with Crippen LogP contribution in [0.4, 0.5) is 14.5 Å². The van der Waals surface area contributed by atoms with E-state index >= 15 is 0 Å². The molecule has 2 rings (SSSR count). The van der Waals surface area contributed by atoms with Crippen LogP contribution in [0, 0.1) is 28.7 Å². The van der Waals surface area contributed by atoms with Crippen molar-refractivity contribution >= 4 is 5.69 Å². The van der Waals surface area contributed by atoms with Crippen LogP contribution in [-0.2, 0) is 6.61 Å². The van der Waals surface area contributed by atoms with E-state index in [0.717, 1.165) is 0 Å². The van der Waals surface area contributed by atoms with Crippen LogP contribution >= 0.6 is 0 Å². The lowest BCUT2D eigenvalue weighted by Crippen LogP contribution is -1.97. The molecule has 0 fully saturated rings. The van der Waals surface area contributed by atoms with Crippen LogP contribution in [0.3, 0.4) is 0 Å². The Hall–Kier alpha value is -2.54. The molecule has 0 aliphatic carbocycles. The molecule has 0 saturated carbocycles. The molecule has 0 aromatic heterocycles. The number of ether oxygens (including phenoxy) is 1. The maximum absolute atomic E-state index is 13.7. The van der Waals surface area contributed by atoms with Gasteiger partial charge >= 0.3 is 5.69 Å². The van der Waals surface area contributed by atoms with Crippen LogP contribution in [0.25, 0.3) is 0 Å². The molecule has 1 N–H and O–H groups in total. The van der Waals surface area contributed by atoms with E-state index in [0.29, 0.717) is 23.3 Å².